The van der Waals surface area contributed by atoms with E-state index >= 15 is 0 Å². The average Bonchev–Trinajstić information content (AvgIpc) is 3.13. The molecule has 36 heavy (non-hydrogen) atoms. The molecular weight excluding hydrogens is 517 g/mol. The summed E-state index contributed by atoms with van der Waals surface area (Å²) in [5.74, 6) is -0.805. The van der Waals surface area contributed by atoms with E-state index in [1.807, 2.05) is 42.5 Å². The zero-order valence-corrected chi connectivity index (χ0v) is 20.9. The molecule has 0 N–H and O–H groups in total. The number of benzene rings is 4. The van der Waals surface area contributed by atoms with Crippen molar-refractivity contribution in [2.45, 2.75) is 6.54 Å². The van der Waals surface area contributed by atoms with Gasteiger partial charge in [-0.25, -0.2) is 4.79 Å². The highest BCUT2D eigenvalue weighted by Gasteiger charge is 2.35. The Kier molecular flexibility index (Phi) is 6.83. The Morgan fingerprint density at radius 2 is 1.61 bits per heavy atom. The Bertz CT molecular complexity index is 1540. The summed E-state index contributed by atoms with van der Waals surface area (Å²) in [7, 11) is 0. The van der Waals surface area contributed by atoms with Crippen LogP contribution in [-0.4, -0.2) is 22.0 Å². The van der Waals surface area contributed by atoms with Gasteiger partial charge in [0.2, 0.25) is 0 Å². The van der Waals surface area contributed by atoms with Gasteiger partial charge in [-0.2, -0.15) is 0 Å². The molecule has 0 aromatic heterocycles. The molecule has 2 amide bonds. The number of nitrogens with zero attached hydrogens (tertiary/aromatic N) is 1. The van der Waals surface area contributed by atoms with Crippen molar-refractivity contribution in [1.29, 1.82) is 0 Å². The van der Waals surface area contributed by atoms with Gasteiger partial charge in [-0.1, -0.05) is 65.7 Å². The van der Waals surface area contributed by atoms with Crippen molar-refractivity contribution in [2.75, 3.05) is 0 Å². The Hall–Kier alpha value is -3.58. The molecule has 178 valence electrons. The molecule has 0 aliphatic carbocycles. The second-order valence-electron chi connectivity index (χ2n) is 7.98. The van der Waals surface area contributed by atoms with Gasteiger partial charge in [0.15, 0.2) is 0 Å². The van der Waals surface area contributed by atoms with E-state index in [4.69, 9.17) is 27.9 Å². The second-order valence-corrected chi connectivity index (χ2v) is 9.85. The fraction of sp³-hybridized carbons (Fsp3) is 0.0357. The fourth-order valence-corrected chi connectivity index (χ4v) is 4.98. The highest BCUT2D eigenvalue weighted by molar-refractivity contribution is 8.18. The lowest BCUT2D eigenvalue weighted by Crippen LogP contribution is -2.27. The van der Waals surface area contributed by atoms with E-state index in [0.717, 1.165) is 28.1 Å². The molecule has 0 radical (unpaired) electrons. The molecule has 4 aromatic carbocycles. The standard InChI is InChI=1S/C28H17Cl2NO4S/c29-21-10-8-18(9-11-21)27(33)35-24-13-12-22(30)14-20(24)15-25-26(32)31(28(34)36-25)16-19-6-3-5-17-4-1-2-7-23(17)19/h1-15H,16H2/b25-15-. The van der Waals surface area contributed by atoms with Gasteiger partial charge < -0.3 is 4.74 Å². The Balaban J connectivity index is 1.41. The van der Waals surface area contributed by atoms with E-state index in [2.05, 4.69) is 0 Å². The quantitative estimate of drug-likeness (QED) is 0.150. The first-order valence-electron chi connectivity index (χ1n) is 10.9. The lowest BCUT2D eigenvalue weighted by Gasteiger charge is -2.14. The van der Waals surface area contributed by atoms with Gasteiger partial charge in [0.05, 0.1) is 17.0 Å². The van der Waals surface area contributed by atoms with Gasteiger partial charge in [0.1, 0.15) is 5.75 Å². The van der Waals surface area contributed by atoms with E-state index in [1.165, 1.54) is 11.0 Å². The molecule has 0 atom stereocenters. The molecule has 1 fully saturated rings. The number of ether oxygens (including phenoxy) is 1. The summed E-state index contributed by atoms with van der Waals surface area (Å²) in [5.41, 5.74) is 1.59. The molecule has 0 saturated carbocycles. The fourth-order valence-electron chi connectivity index (χ4n) is 3.85. The number of carbonyl (C=O) groups excluding carboxylic acids is 3. The van der Waals surface area contributed by atoms with Crippen molar-refractivity contribution in [3.05, 3.63) is 117 Å². The number of thioether (sulfide) groups is 1. The van der Waals surface area contributed by atoms with Gasteiger partial charge >= 0.3 is 5.97 Å². The minimum Gasteiger partial charge on any atom is -0.422 e. The summed E-state index contributed by atoms with van der Waals surface area (Å²) in [5, 5.41) is 2.53. The molecule has 1 aliphatic rings. The molecular formula is C28H17Cl2NO4S. The van der Waals surface area contributed by atoms with Gasteiger partial charge in [-0.3, -0.25) is 14.5 Å². The van der Waals surface area contributed by atoms with Gasteiger partial charge in [0, 0.05) is 15.6 Å². The SMILES string of the molecule is O=C(Oc1ccc(Cl)cc1/C=C1\SC(=O)N(Cc2cccc3ccccc23)C1=O)c1ccc(Cl)cc1. The van der Waals surface area contributed by atoms with Crippen molar-refractivity contribution in [1.82, 2.24) is 4.90 Å². The predicted molar refractivity (Wildman–Crippen MR) is 143 cm³/mol. The number of halogens is 2. The number of hydrogen-bond donors (Lipinski definition) is 0. The summed E-state index contributed by atoms with van der Waals surface area (Å²) in [6, 6.07) is 24.6. The number of rotatable bonds is 5. The number of fused-ring (bicyclic) bond motifs is 1. The monoisotopic (exact) mass is 533 g/mol. The van der Waals surface area contributed by atoms with Gasteiger partial charge in [-0.15, -0.1) is 0 Å². The molecule has 0 unspecified atom stereocenters. The van der Waals surface area contributed by atoms with Crippen molar-refractivity contribution in [3.63, 3.8) is 0 Å². The average molecular weight is 534 g/mol. The highest BCUT2D eigenvalue weighted by atomic mass is 35.5. The number of imide groups is 1. The molecule has 1 heterocycles. The maximum absolute atomic E-state index is 13.2. The van der Waals surface area contributed by atoms with Crippen molar-refractivity contribution in [2.24, 2.45) is 0 Å². The van der Waals surface area contributed by atoms with E-state index in [0.29, 0.717) is 21.2 Å². The summed E-state index contributed by atoms with van der Waals surface area (Å²) < 4.78 is 5.57. The first kappa shape index (κ1) is 24.1. The third-order valence-electron chi connectivity index (χ3n) is 5.62. The Morgan fingerprint density at radius 3 is 2.42 bits per heavy atom. The number of hydrogen-bond acceptors (Lipinski definition) is 5. The lowest BCUT2D eigenvalue weighted by molar-refractivity contribution is -0.123. The summed E-state index contributed by atoms with van der Waals surface area (Å²) in [6.07, 6.45) is 1.52. The Labute approximate surface area is 221 Å². The molecule has 4 aromatic rings. The summed E-state index contributed by atoms with van der Waals surface area (Å²) in [4.78, 5) is 40.0. The number of esters is 1. The van der Waals surface area contributed by atoms with Gasteiger partial charge in [-0.05, 0) is 76.6 Å². The minimum absolute atomic E-state index is 0.150. The van der Waals surface area contributed by atoms with E-state index in [-0.39, 0.29) is 22.4 Å². The number of amides is 2. The van der Waals surface area contributed by atoms with E-state index in [9.17, 15) is 14.4 Å². The molecule has 1 saturated heterocycles. The molecule has 5 nitrogen and oxygen atoms in total. The minimum atomic E-state index is -0.590. The zero-order chi connectivity index (χ0) is 25.2. The summed E-state index contributed by atoms with van der Waals surface area (Å²) >= 11 is 12.9. The zero-order valence-electron chi connectivity index (χ0n) is 18.6. The van der Waals surface area contributed by atoms with Crippen LogP contribution in [0.5, 0.6) is 5.75 Å². The van der Waals surface area contributed by atoms with Crippen molar-refractivity contribution >= 4 is 68.9 Å². The lowest BCUT2D eigenvalue weighted by atomic mass is 10.0. The van der Waals surface area contributed by atoms with Crippen LogP contribution >= 0.6 is 35.0 Å². The predicted octanol–water partition coefficient (Wildman–Crippen LogP) is 7.60. The van der Waals surface area contributed by atoms with Crippen LogP contribution in [0.4, 0.5) is 4.79 Å². The molecule has 8 heteroatoms. The Morgan fingerprint density at radius 1 is 0.889 bits per heavy atom. The maximum Gasteiger partial charge on any atom is 0.343 e. The number of carbonyl (C=O) groups is 3. The first-order valence-corrected chi connectivity index (χ1v) is 12.5. The van der Waals surface area contributed by atoms with Crippen LogP contribution in [0.2, 0.25) is 10.0 Å². The first-order chi connectivity index (χ1) is 17.4. The van der Waals surface area contributed by atoms with Crippen LogP contribution in [0, 0.1) is 0 Å². The van der Waals surface area contributed by atoms with Crippen molar-refractivity contribution < 1.29 is 19.1 Å². The van der Waals surface area contributed by atoms with Crippen LogP contribution in [0.25, 0.3) is 16.8 Å². The molecule has 5 rings (SSSR count). The van der Waals surface area contributed by atoms with Gasteiger partial charge in [0.25, 0.3) is 11.1 Å². The molecule has 0 bridgehead atoms. The third kappa shape index (κ3) is 5.02. The molecule has 1 aliphatic heterocycles. The van der Waals surface area contributed by atoms with Crippen LogP contribution in [0.3, 0.4) is 0 Å². The topological polar surface area (TPSA) is 63.7 Å². The van der Waals surface area contributed by atoms with Crippen LogP contribution in [0.15, 0.2) is 89.8 Å². The van der Waals surface area contributed by atoms with E-state index in [1.54, 1.807) is 42.5 Å². The largest absolute Gasteiger partial charge is 0.422 e. The maximum atomic E-state index is 13.2. The summed E-state index contributed by atoms with van der Waals surface area (Å²) in [6.45, 7) is 0.150. The van der Waals surface area contributed by atoms with Crippen LogP contribution in [-0.2, 0) is 11.3 Å². The van der Waals surface area contributed by atoms with Crippen molar-refractivity contribution in [3.8, 4) is 5.75 Å². The second kappa shape index (κ2) is 10.2. The smallest absolute Gasteiger partial charge is 0.343 e. The third-order valence-corrected chi connectivity index (χ3v) is 7.02. The van der Waals surface area contributed by atoms with E-state index < -0.39 is 11.9 Å². The molecule has 0 spiro atoms. The van der Waals surface area contributed by atoms with Crippen LogP contribution in [0.1, 0.15) is 21.5 Å². The van der Waals surface area contributed by atoms with Crippen LogP contribution < -0.4 is 4.74 Å². The normalized spacial score (nSPS) is 14.6. The highest BCUT2D eigenvalue weighted by Crippen LogP contribution is 2.36.